The minimum atomic E-state index is -0.323. The molecular formula is C20H29N3O4. The van der Waals surface area contributed by atoms with E-state index in [4.69, 9.17) is 9.47 Å². The summed E-state index contributed by atoms with van der Waals surface area (Å²) in [4.78, 5) is 29.1. The Morgan fingerprint density at radius 3 is 2.59 bits per heavy atom. The quantitative estimate of drug-likeness (QED) is 0.785. The number of likely N-dealkylation sites (tertiary alicyclic amines) is 1. The maximum atomic E-state index is 12.6. The minimum absolute atomic E-state index is 0.0441. The molecule has 2 saturated heterocycles. The van der Waals surface area contributed by atoms with E-state index >= 15 is 0 Å². The Balaban J connectivity index is 1.58. The standard InChI is InChI=1S/C20H29N3O4/c1-14(22-8-4-5-9-22)12-21-20(25)15-10-19(24)23(13-15)16-6-7-17(26-2)18(11-16)27-3/h6-7,11,14-15H,4-5,8-10,12-13H2,1-3H3,(H,21,25). The van der Waals surface area contributed by atoms with Crippen molar-refractivity contribution in [3.63, 3.8) is 0 Å². The van der Waals surface area contributed by atoms with Crippen LogP contribution in [0.4, 0.5) is 5.69 Å². The molecule has 148 valence electrons. The Labute approximate surface area is 160 Å². The highest BCUT2D eigenvalue weighted by atomic mass is 16.5. The Morgan fingerprint density at radius 2 is 1.93 bits per heavy atom. The molecule has 0 aliphatic carbocycles. The van der Waals surface area contributed by atoms with Gasteiger partial charge in [0.25, 0.3) is 0 Å². The lowest BCUT2D eigenvalue weighted by atomic mass is 10.1. The molecule has 2 atom stereocenters. The number of ether oxygens (including phenoxy) is 2. The van der Waals surface area contributed by atoms with Gasteiger partial charge in [-0.25, -0.2) is 0 Å². The van der Waals surface area contributed by atoms with E-state index in [1.54, 1.807) is 31.3 Å². The molecule has 0 saturated carbocycles. The van der Waals surface area contributed by atoms with Crippen molar-refractivity contribution in [3.05, 3.63) is 18.2 Å². The maximum absolute atomic E-state index is 12.6. The molecule has 2 heterocycles. The second-order valence-electron chi connectivity index (χ2n) is 7.28. The maximum Gasteiger partial charge on any atom is 0.227 e. The molecule has 7 heteroatoms. The van der Waals surface area contributed by atoms with Gasteiger partial charge in [-0.05, 0) is 45.0 Å². The molecule has 1 aromatic carbocycles. The van der Waals surface area contributed by atoms with Gasteiger partial charge in [0.15, 0.2) is 11.5 Å². The summed E-state index contributed by atoms with van der Waals surface area (Å²) in [5.74, 6) is 0.761. The van der Waals surface area contributed by atoms with E-state index in [9.17, 15) is 9.59 Å². The van der Waals surface area contributed by atoms with E-state index in [0.29, 0.717) is 30.6 Å². The molecular weight excluding hydrogens is 346 g/mol. The molecule has 2 fully saturated rings. The van der Waals surface area contributed by atoms with Crippen LogP contribution in [0.1, 0.15) is 26.2 Å². The number of rotatable bonds is 7. The van der Waals surface area contributed by atoms with Gasteiger partial charge in [-0.2, -0.15) is 0 Å². The summed E-state index contributed by atoms with van der Waals surface area (Å²) >= 11 is 0. The van der Waals surface area contributed by atoms with Gasteiger partial charge < -0.3 is 19.7 Å². The lowest BCUT2D eigenvalue weighted by molar-refractivity contribution is -0.126. The van der Waals surface area contributed by atoms with Crippen LogP contribution in [0.15, 0.2) is 18.2 Å². The van der Waals surface area contributed by atoms with Gasteiger partial charge in [-0.3, -0.25) is 14.5 Å². The van der Waals surface area contributed by atoms with Crippen LogP contribution in [0.2, 0.25) is 0 Å². The average Bonchev–Trinajstić information content (AvgIpc) is 3.35. The first kappa shape index (κ1) is 19.5. The number of carbonyl (C=O) groups excluding carboxylic acids is 2. The van der Waals surface area contributed by atoms with E-state index in [-0.39, 0.29) is 24.2 Å². The largest absolute Gasteiger partial charge is 0.493 e. The number of benzene rings is 1. The van der Waals surface area contributed by atoms with Gasteiger partial charge in [0.1, 0.15) is 0 Å². The Kier molecular flexibility index (Phi) is 6.21. The van der Waals surface area contributed by atoms with Crippen LogP contribution in [0.25, 0.3) is 0 Å². The van der Waals surface area contributed by atoms with Crippen LogP contribution in [0.5, 0.6) is 11.5 Å². The van der Waals surface area contributed by atoms with E-state index in [1.165, 1.54) is 12.8 Å². The molecule has 2 unspecified atom stereocenters. The predicted octanol–water partition coefficient (Wildman–Crippen LogP) is 1.66. The highest BCUT2D eigenvalue weighted by Crippen LogP contribution is 2.34. The zero-order valence-electron chi connectivity index (χ0n) is 16.4. The van der Waals surface area contributed by atoms with E-state index in [2.05, 4.69) is 17.1 Å². The number of nitrogens with one attached hydrogen (secondary N) is 1. The molecule has 3 rings (SSSR count). The van der Waals surface area contributed by atoms with Crippen molar-refractivity contribution in [2.45, 2.75) is 32.2 Å². The summed E-state index contributed by atoms with van der Waals surface area (Å²) in [7, 11) is 3.13. The lowest BCUT2D eigenvalue weighted by Gasteiger charge is -2.24. The van der Waals surface area contributed by atoms with Crippen molar-refractivity contribution in [2.75, 3.05) is 45.3 Å². The van der Waals surface area contributed by atoms with Crippen LogP contribution in [-0.4, -0.2) is 63.2 Å². The minimum Gasteiger partial charge on any atom is -0.493 e. The second kappa shape index (κ2) is 8.61. The fourth-order valence-electron chi connectivity index (χ4n) is 3.83. The second-order valence-corrected chi connectivity index (χ2v) is 7.28. The topological polar surface area (TPSA) is 71.1 Å². The first-order chi connectivity index (χ1) is 13.0. The van der Waals surface area contributed by atoms with Gasteiger partial charge in [0, 0.05) is 37.3 Å². The SMILES string of the molecule is COc1ccc(N2CC(C(=O)NCC(C)N3CCCC3)CC2=O)cc1OC. The van der Waals surface area contributed by atoms with Crippen molar-refractivity contribution in [2.24, 2.45) is 5.92 Å². The third-order valence-corrected chi connectivity index (χ3v) is 5.51. The number of nitrogens with zero attached hydrogens (tertiary/aromatic N) is 2. The monoisotopic (exact) mass is 375 g/mol. The Hall–Kier alpha value is -2.28. The number of anilines is 1. The molecule has 27 heavy (non-hydrogen) atoms. The molecule has 1 aromatic rings. The Bertz CT molecular complexity index is 688. The van der Waals surface area contributed by atoms with Crippen LogP contribution in [0.3, 0.4) is 0 Å². The highest BCUT2D eigenvalue weighted by molar-refractivity contribution is 6.00. The summed E-state index contributed by atoms with van der Waals surface area (Å²) in [6.07, 6.45) is 2.70. The zero-order valence-corrected chi connectivity index (χ0v) is 16.4. The van der Waals surface area contributed by atoms with E-state index in [1.807, 2.05) is 6.07 Å². The number of hydrogen-bond donors (Lipinski definition) is 1. The van der Waals surface area contributed by atoms with Crippen LogP contribution in [-0.2, 0) is 9.59 Å². The van der Waals surface area contributed by atoms with E-state index < -0.39 is 0 Å². The number of hydrogen-bond acceptors (Lipinski definition) is 5. The molecule has 0 spiro atoms. The third kappa shape index (κ3) is 4.35. The Morgan fingerprint density at radius 1 is 1.22 bits per heavy atom. The summed E-state index contributed by atoms with van der Waals surface area (Å²) in [6.45, 7) is 5.36. The highest BCUT2D eigenvalue weighted by Gasteiger charge is 2.35. The smallest absolute Gasteiger partial charge is 0.227 e. The molecule has 0 radical (unpaired) electrons. The van der Waals surface area contributed by atoms with Crippen molar-refractivity contribution in [1.82, 2.24) is 10.2 Å². The van der Waals surface area contributed by atoms with Gasteiger partial charge in [0.2, 0.25) is 11.8 Å². The molecule has 2 aliphatic heterocycles. The summed E-state index contributed by atoms with van der Waals surface area (Å²) in [5, 5.41) is 3.03. The molecule has 1 N–H and O–H groups in total. The summed E-state index contributed by atoms with van der Waals surface area (Å²) in [6, 6.07) is 5.68. The number of carbonyl (C=O) groups is 2. The van der Waals surface area contributed by atoms with Crippen LogP contribution >= 0.6 is 0 Å². The first-order valence-electron chi connectivity index (χ1n) is 9.57. The summed E-state index contributed by atoms with van der Waals surface area (Å²) < 4.78 is 10.6. The first-order valence-corrected chi connectivity index (χ1v) is 9.57. The van der Waals surface area contributed by atoms with Crippen molar-refractivity contribution >= 4 is 17.5 Å². The lowest BCUT2D eigenvalue weighted by Crippen LogP contribution is -2.43. The molecule has 2 amide bonds. The van der Waals surface area contributed by atoms with Crippen LogP contribution < -0.4 is 19.7 Å². The van der Waals surface area contributed by atoms with Gasteiger partial charge in [-0.15, -0.1) is 0 Å². The molecule has 2 aliphatic rings. The zero-order chi connectivity index (χ0) is 19.4. The van der Waals surface area contributed by atoms with E-state index in [0.717, 1.165) is 18.8 Å². The van der Waals surface area contributed by atoms with Crippen molar-refractivity contribution < 1.29 is 19.1 Å². The van der Waals surface area contributed by atoms with Crippen LogP contribution in [0, 0.1) is 5.92 Å². The van der Waals surface area contributed by atoms with Gasteiger partial charge in [0.05, 0.1) is 20.1 Å². The predicted molar refractivity (Wildman–Crippen MR) is 103 cm³/mol. The number of methoxy groups -OCH3 is 2. The average molecular weight is 375 g/mol. The third-order valence-electron chi connectivity index (χ3n) is 5.51. The van der Waals surface area contributed by atoms with Gasteiger partial charge in [-0.1, -0.05) is 0 Å². The molecule has 0 aromatic heterocycles. The summed E-state index contributed by atoms with van der Waals surface area (Å²) in [5.41, 5.74) is 0.721. The van der Waals surface area contributed by atoms with Crippen molar-refractivity contribution in [1.29, 1.82) is 0 Å². The van der Waals surface area contributed by atoms with Gasteiger partial charge >= 0.3 is 0 Å². The fraction of sp³-hybridized carbons (Fsp3) is 0.600. The molecule has 7 nitrogen and oxygen atoms in total. The molecule has 0 bridgehead atoms. The van der Waals surface area contributed by atoms with Crippen molar-refractivity contribution in [3.8, 4) is 11.5 Å². The fourth-order valence-corrected chi connectivity index (χ4v) is 3.83. The number of amides is 2. The normalized spacial score (nSPS) is 21.4.